The van der Waals surface area contributed by atoms with Crippen LogP contribution in [0.4, 0.5) is 11.4 Å². The van der Waals surface area contributed by atoms with E-state index in [2.05, 4.69) is 24.0 Å². The lowest BCUT2D eigenvalue weighted by molar-refractivity contribution is -0.384. The van der Waals surface area contributed by atoms with Gasteiger partial charge in [0, 0.05) is 24.2 Å². The summed E-state index contributed by atoms with van der Waals surface area (Å²) in [6.45, 7) is 2.80. The predicted molar refractivity (Wildman–Crippen MR) is 110 cm³/mol. The van der Waals surface area contributed by atoms with Gasteiger partial charge in [-0.25, -0.2) is 5.01 Å². The Balaban J connectivity index is 1.72. The molecule has 6 heteroatoms. The number of benzene rings is 3. The van der Waals surface area contributed by atoms with Gasteiger partial charge >= 0.3 is 0 Å². The highest BCUT2D eigenvalue weighted by Crippen LogP contribution is 2.29. The summed E-state index contributed by atoms with van der Waals surface area (Å²) in [5.74, 6) is 0.801. The lowest BCUT2D eigenvalue weighted by Gasteiger charge is -2.29. The van der Waals surface area contributed by atoms with Gasteiger partial charge in [-0.3, -0.25) is 10.1 Å². The predicted octanol–water partition coefficient (Wildman–Crippen LogP) is 4.62. The quantitative estimate of drug-likeness (QED) is 0.484. The van der Waals surface area contributed by atoms with Crippen LogP contribution in [0.1, 0.15) is 18.1 Å². The second kappa shape index (κ2) is 7.52. The lowest BCUT2D eigenvalue weighted by Crippen LogP contribution is -2.39. The average Bonchev–Trinajstić information content (AvgIpc) is 3.06. The third kappa shape index (κ3) is 3.44. The molecule has 0 saturated carbocycles. The van der Waals surface area contributed by atoms with E-state index in [0.29, 0.717) is 6.54 Å². The molecule has 0 spiro atoms. The molecule has 1 aliphatic rings. The number of amidine groups is 1. The number of nitro benzene ring substituents is 1. The van der Waals surface area contributed by atoms with Crippen molar-refractivity contribution in [2.45, 2.75) is 19.6 Å². The molecule has 3 aromatic rings. The number of anilines is 1. The molecule has 0 saturated heterocycles. The molecule has 0 N–H and O–H groups in total. The number of hydrazone groups is 1. The number of nitrogens with zero attached hydrogens (tertiary/aromatic N) is 4. The maximum Gasteiger partial charge on any atom is 0.269 e. The topological polar surface area (TPSA) is 62.0 Å². The third-order valence-corrected chi connectivity index (χ3v) is 4.83. The monoisotopic (exact) mass is 372 g/mol. The van der Waals surface area contributed by atoms with Crippen LogP contribution in [0, 0.1) is 10.1 Å². The van der Waals surface area contributed by atoms with Crippen molar-refractivity contribution in [2.75, 3.05) is 5.01 Å². The molecule has 1 unspecified atom stereocenters. The zero-order valence-electron chi connectivity index (χ0n) is 15.5. The molecule has 28 heavy (non-hydrogen) atoms. The van der Waals surface area contributed by atoms with Crippen LogP contribution < -0.4 is 5.01 Å². The van der Waals surface area contributed by atoms with E-state index in [0.717, 1.165) is 17.1 Å². The fourth-order valence-corrected chi connectivity index (χ4v) is 3.35. The first-order valence-electron chi connectivity index (χ1n) is 9.12. The molecule has 1 aliphatic heterocycles. The first kappa shape index (κ1) is 17.7. The van der Waals surface area contributed by atoms with Crippen LogP contribution in [-0.2, 0) is 6.54 Å². The minimum Gasteiger partial charge on any atom is -0.328 e. The summed E-state index contributed by atoms with van der Waals surface area (Å²) < 4.78 is 0. The number of para-hydroxylation sites is 1. The van der Waals surface area contributed by atoms with Crippen molar-refractivity contribution in [3.63, 3.8) is 0 Å². The molecule has 4 rings (SSSR count). The number of hydrogen-bond donors (Lipinski definition) is 0. The SMILES string of the molecule is CC1N(Cc2ccccc2)C(c2ccc([N+](=O)[O-])cc2)=NN1c1ccccc1. The highest BCUT2D eigenvalue weighted by Gasteiger charge is 2.32. The van der Waals surface area contributed by atoms with Gasteiger partial charge in [0.1, 0.15) is 6.17 Å². The molecular formula is C22H20N4O2. The number of non-ortho nitro benzene ring substituents is 1. The van der Waals surface area contributed by atoms with Gasteiger partial charge in [0.05, 0.1) is 10.6 Å². The standard InChI is InChI=1S/C22H20N4O2/c1-17-24(16-18-8-4-2-5-9-18)22(19-12-14-21(15-13-19)26(27)28)23-25(17)20-10-6-3-7-11-20/h2-15,17H,16H2,1H3. The molecular weight excluding hydrogens is 352 g/mol. The van der Waals surface area contributed by atoms with E-state index in [-0.39, 0.29) is 16.8 Å². The van der Waals surface area contributed by atoms with Gasteiger partial charge in [-0.1, -0.05) is 48.5 Å². The maximum atomic E-state index is 11.0. The summed E-state index contributed by atoms with van der Waals surface area (Å²) in [6.07, 6.45) is 0.00722. The summed E-state index contributed by atoms with van der Waals surface area (Å²) >= 11 is 0. The van der Waals surface area contributed by atoms with E-state index in [1.807, 2.05) is 53.5 Å². The smallest absolute Gasteiger partial charge is 0.269 e. The van der Waals surface area contributed by atoms with Crippen LogP contribution >= 0.6 is 0 Å². The Morgan fingerprint density at radius 1 is 0.929 bits per heavy atom. The van der Waals surface area contributed by atoms with Crippen molar-refractivity contribution in [1.29, 1.82) is 0 Å². The lowest BCUT2D eigenvalue weighted by atomic mass is 10.1. The second-order valence-electron chi connectivity index (χ2n) is 6.65. The average molecular weight is 372 g/mol. The van der Waals surface area contributed by atoms with E-state index in [1.54, 1.807) is 12.1 Å². The van der Waals surface area contributed by atoms with Gasteiger partial charge in [0.15, 0.2) is 5.84 Å². The summed E-state index contributed by atoms with van der Waals surface area (Å²) in [5, 5.41) is 17.8. The highest BCUT2D eigenvalue weighted by molar-refractivity contribution is 6.01. The van der Waals surface area contributed by atoms with Crippen LogP contribution in [0.5, 0.6) is 0 Å². The van der Waals surface area contributed by atoms with Crippen LogP contribution in [0.25, 0.3) is 0 Å². The van der Waals surface area contributed by atoms with Gasteiger partial charge in [-0.15, -0.1) is 0 Å². The van der Waals surface area contributed by atoms with E-state index in [9.17, 15) is 10.1 Å². The van der Waals surface area contributed by atoms with Gasteiger partial charge in [-0.05, 0) is 36.8 Å². The molecule has 140 valence electrons. The zero-order valence-corrected chi connectivity index (χ0v) is 15.5. The van der Waals surface area contributed by atoms with Crippen molar-refractivity contribution >= 4 is 17.2 Å². The Morgan fingerprint density at radius 3 is 2.14 bits per heavy atom. The summed E-state index contributed by atoms with van der Waals surface area (Å²) in [7, 11) is 0. The van der Waals surface area contributed by atoms with Crippen LogP contribution in [-0.4, -0.2) is 21.8 Å². The van der Waals surface area contributed by atoms with Crippen molar-refractivity contribution in [2.24, 2.45) is 5.10 Å². The highest BCUT2D eigenvalue weighted by atomic mass is 16.6. The molecule has 6 nitrogen and oxygen atoms in total. The molecule has 0 fully saturated rings. The van der Waals surface area contributed by atoms with E-state index >= 15 is 0 Å². The Labute approximate surface area is 163 Å². The first-order valence-corrected chi connectivity index (χ1v) is 9.12. The van der Waals surface area contributed by atoms with Crippen LogP contribution in [0.2, 0.25) is 0 Å². The number of hydrogen-bond acceptors (Lipinski definition) is 5. The van der Waals surface area contributed by atoms with Crippen molar-refractivity contribution in [3.8, 4) is 0 Å². The van der Waals surface area contributed by atoms with Gasteiger partial charge < -0.3 is 4.90 Å². The van der Waals surface area contributed by atoms with E-state index in [4.69, 9.17) is 5.10 Å². The molecule has 0 aliphatic carbocycles. The maximum absolute atomic E-state index is 11.0. The van der Waals surface area contributed by atoms with Crippen LogP contribution in [0.15, 0.2) is 90.0 Å². The van der Waals surface area contributed by atoms with Crippen molar-refractivity contribution in [3.05, 3.63) is 106 Å². The minimum atomic E-state index is -0.388. The Morgan fingerprint density at radius 2 is 1.54 bits per heavy atom. The third-order valence-electron chi connectivity index (χ3n) is 4.83. The van der Waals surface area contributed by atoms with Crippen molar-refractivity contribution in [1.82, 2.24) is 4.90 Å². The Kier molecular flexibility index (Phi) is 4.76. The molecule has 1 heterocycles. The summed E-state index contributed by atoms with van der Waals surface area (Å²) in [6, 6.07) is 26.8. The first-order chi connectivity index (χ1) is 13.6. The summed E-state index contributed by atoms with van der Waals surface area (Å²) in [4.78, 5) is 12.8. The van der Waals surface area contributed by atoms with E-state index < -0.39 is 0 Å². The molecule has 3 aromatic carbocycles. The fourth-order valence-electron chi connectivity index (χ4n) is 3.35. The Hall–Kier alpha value is -3.67. The van der Waals surface area contributed by atoms with E-state index in [1.165, 1.54) is 17.7 Å². The second-order valence-corrected chi connectivity index (χ2v) is 6.65. The van der Waals surface area contributed by atoms with Gasteiger partial charge in [0.2, 0.25) is 0 Å². The molecule has 0 radical (unpaired) electrons. The molecule has 1 atom stereocenters. The number of nitro groups is 1. The van der Waals surface area contributed by atoms with Crippen LogP contribution in [0.3, 0.4) is 0 Å². The fraction of sp³-hybridized carbons (Fsp3) is 0.136. The molecule has 0 bridgehead atoms. The largest absolute Gasteiger partial charge is 0.328 e. The number of rotatable bonds is 5. The normalized spacial score (nSPS) is 16.2. The zero-order chi connectivity index (χ0) is 19.5. The minimum absolute atomic E-state index is 0.00722. The Bertz CT molecular complexity index is 988. The van der Waals surface area contributed by atoms with Gasteiger partial charge in [-0.2, -0.15) is 5.10 Å². The van der Waals surface area contributed by atoms with Crippen molar-refractivity contribution < 1.29 is 4.92 Å². The summed E-state index contributed by atoms with van der Waals surface area (Å²) in [5.41, 5.74) is 3.11. The molecule has 0 aromatic heterocycles. The molecule has 0 amide bonds. The van der Waals surface area contributed by atoms with Gasteiger partial charge in [0.25, 0.3) is 5.69 Å².